The Morgan fingerprint density at radius 3 is 2.08 bits per heavy atom. The van der Waals surface area contributed by atoms with Crippen LogP contribution in [0.1, 0.15) is 34.5 Å². The molecule has 0 radical (unpaired) electrons. The van der Waals surface area contributed by atoms with Crippen molar-refractivity contribution in [3.05, 3.63) is 65.2 Å². The number of hydrogen-bond donors (Lipinski definition) is 2. The van der Waals surface area contributed by atoms with Gasteiger partial charge in [-0.1, -0.05) is 36.5 Å². The number of alkyl halides is 3. The van der Waals surface area contributed by atoms with Gasteiger partial charge in [0.15, 0.2) is 0 Å². The van der Waals surface area contributed by atoms with Gasteiger partial charge in [-0.2, -0.15) is 0 Å². The maximum absolute atomic E-state index is 12.2. The number of ether oxygens (including phenoxy) is 1. The molecule has 1 amide bonds. The van der Waals surface area contributed by atoms with Crippen LogP contribution in [0, 0.1) is 0 Å². The van der Waals surface area contributed by atoms with Crippen LogP contribution in [0.25, 0.3) is 0 Å². The molecule has 3 N–H and O–H groups in total. The Morgan fingerprint density at radius 2 is 1.60 bits per heavy atom. The zero-order valence-electron chi connectivity index (χ0n) is 13.1. The number of hydrogen-bond acceptors (Lipinski definition) is 3. The van der Waals surface area contributed by atoms with Gasteiger partial charge in [-0.05, 0) is 36.8 Å². The minimum absolute atomic E-state index is 0.237. The summed E-state index contributed by atoms with van der Waals surface area (Å²) in [5.74, 6) is -0.638. The summed E-state index contributed by atoms with van der Waals surface area (Å²) in [6, 6.07) is 11.4. The van der Waals surface area contributed by atoms with Crippen molar-refractivity contribution < 1.29 is 22.7 Å². The molecule has 2 aromatic carbocycles. The molecular formula is C17H15F3N2O2S. The van der Waals surface area contributed by atoms with Crippen LogP contribution in [0.5, 0.6) is 5.75 Å². The van der Waals surface area contributed by atoms with E-state index in [-0.39, 0.29) is 16.6 Å². The number of carbonyl (C=O) groups is 1. The first-order valence-corrected chi connectivity index (χ1v) is 7.63. The Morgan fingerprint density at radius 1 is 1.08 bits per heavy atom. The standard InChI is InChI=1S/C17H15F3N2O2S/c1-10(11-6-8-14(9-7-11)24-17(18,19)20)22-16(23)13-4-2-12(3-5-13)15(21)25/h2-10H,1H3,(H2,21,25)(H,22,23)/t10-/m0/s1. The maximum atomic E-state index is 12.2. The molecule has 0 aromatic heterocycles. The van der Waals surface area contributed by atoms with Gasteiger partial charge >= 0.3 is 6.36 Å². The lowest BCUT2D eigenvalue weighted by Gasteiger charge is -2.15. The van der Waals surface area contributed by atoms with Gasteiger partial charge in [-0.25, -0.2) is 0 Å². The van der Waals surface area contributed by atoms with Crippen LogP contribution in [-0.2, 0) is 0 Å². The van der Waals surface area contributed by atoms with E-state index in [2.05, 4.69) is 10.1 Å². The van der Waals surface area contributed by atoms with Crippen molar-refractivity contribution in [1.82, 2.24) is 5.32 Å². The predicted octanol–water partition coefficient (Wildman–Crippen LogP) is 3.71. The molecular weight excluding hydrogens is 353 g/mol. The third kappa shape index (κ3) is 5.46. The molecule has 0 heterocycles. The summed E-state index contributed by atoms with van der Waals surface area (Å²) in [6.45, 7) is 1.72. The summed E-state index contributed by atoms with van der Waals surface area (Å²) in [5.41, 5.74) is 7.21. The minimum Gasteiger partial charge on any atom is -0.406 e. The molecule has 0 bridgehead atoms. The molecule has 0 aliphatic carbocycles. The fourth-order valence-corrected chi connectivity index (χ4v) is 2.24. The largest absolute Gasteiger partial charge is 0.573 e. The topological polar surface area (TPSA) is 64.4 Å². The average molecular weight is 368 g/mol. The molecule has 1 atom stereocenters. The molecule has 25 heavy (non-hydrogen) atoms. The lowest BCUT2D eigenvalue weighted by Crippen LogP contribution is -2.26. The zero-order chi connectivity index (χ0) is 18.6. The molecule has 2 rings (SSSR count). The van der Waals surface area contributed by atoms with E-state index in [1.807, 2.05) is 0 Å². The Hall–Kier alpha value is -2.61. The number of thiocarbonyl (C=S) groups is 1. The van der Waals surface area contributed by atoms with Crippen LogP contribution < -0.4 is 15.8 Å². The maximum Gasteiger partial charge on any atom is 0.573 e. The predicted molar refractivity (Wildman–Crippen MR) is 91.3 cm³/mol. The number of rotatable bonds is 5. The van der Waals surface area contributed by atoms with Crippen LogP contribution >= 0.6 is 12.2 Å². The van der Waals surface area contributed by atoms with Crippen molar-refractivity contribution in [2.75, 3.05) is 0 Å². The summed E-state index contributed by atoms with van der Waals surface area (Å²) in [6.07, 6.45) is -4.74. The van der Waals surface area contributed by atoms with Gasteiger partial charge in [0.1, 0.15) is 10.7 Å². The highest BCUT2D eigenvalue weighted by atomic mass is 32.1. The van der Waals surface area contributed by atoms with E-state index >= 15 is 0 Å². The van der Waals surface area contributed by atoms with E-state index < -0.39 is 12.4 Å². The van der Waals surface area contributed by atoms with E-state index in [0.717, 1.165) is 0 Å². The minimum atomic E-state index is -4.74. The molecule has 0 spiro atoms. The van der Waals surface area contributed by atoms with Crippen molar-refractivity contribution in [2.45, 2.75) is 19.3 Å². The van der Waals surface area contributed by atoms with Crippen LogP contribution in [0.15, 0.2) is 48.5 Å². The van der Waals surface area contributed by atoms with Gasteiger partial charge in [-0.3, -0.25) is 4.79 Å². The van der Waals surface area contributed by atoms with Crippen molar-refractivity contribution in [3.63, 3.8) is 0 Å². The van der Waals surface area contributed by atoms with Gasteiger partial charge in [0.05, 0.1) is 6.04 Å². The Labute approximate surface area is 147 Å². The quantitative estimate of drug-likeness (QED) is 0.790. The third-order valence-corrected chi connectivity index (χ3v) is 3.63. The molecule has 0 saturated carbocycles. The summed E-state index contributed by atoms with van der Waals surface area (Å²) >= 11 is 4.84. The summed E-state index contributed by atoms with van der Waals surface area (Å²) in [7, 11) is 0. The fraction of sp³-hybridized carbons (Fsp3) is 0.176. The molecule has 2 aromatic rings. The van der Waals surface area contributed by atoms with Crippen LogP contribution in [0.2, 0.25) is 0 Å². The number of nitrogens with one attached hydrogen (secondary N) is 1. The summed E-state index contributed by atoms with van der Waals surface area (Å²) < 4.78 is 40.2. The third-order valence-electron chi connectivity index (χ3n) is 3.39. The Bertz CT molecular complexity index is 759. The molecule has 8 heteroatoms. The van der Waals surface area contributed by atoms with Gasteiger partial charge < -0.3 is 15.8 Å². The first kappa shape index (κ1) is 18.7. The second-order valence-electron chi connectivity index (χ2n) is 5.25. The molecule has 4 nitrogen and oxygen atoms in total. The smallest absolute Gasteiger partial charge is 0.406 e. The van der Waals surface area contributed by atoms with E-state index in [0.29, 0.717) is 16.7 Å². The monoisotopic (exact) mass is 368 g/mol. The number of halogens is 3. The fourth-order valence-electron chi connectivity index (χ4n) is 2.11. The van der Waals surface area contributed by atoms with E-state index in [1.54, 1.807) is 31.2 Å². The SMILES string of the molecule is C[C@H](NC(=O)c1ccc(C(N)=S)cc1)c1ccc(OC(F)(F)F)cc1. The highest BCUT2D eigenvalue weighted by Gasteiger charge is 2.31. The molecule has 0 fully saturated rings. The van der Waals surface area contributed by atoms with Crippen molar-refractivity contribution >= 4 is 23.1 Å². The van der Waals surface area contributed by atoms with Crippen molar-refractivity contribution in [2.24, 2.45) is 5.73 Å². The zero-order valence-corrected chi connectivity index (χ0v) is 13.9. The average Bonchev–Trinajstić information content (AvgIpc) is 2.54. The van der Waals surface area contributed by atoms with E-state index in [9.17, 15) is 18.0 Å². The number of amides is 1. The van der Waals surface area contributed by atoms with Crippen LogP contribution in [0.3, 0.4) is 0 Å². The second-order valence-corrected chi connectivity index (χ2v) is 5.69. The number of carbonyl (C=O) groups excluding carboxylic acids is 1. The summed E-state index contributed by atoms with van der Waals surface area (Å²) in [5, 5.41) is 2.76. The van der Waals surface area contributed by atoms with Crippen LogP contribution in [-0.4, -0.2) is 17.3 Å². The Kier molecular flexibility index (Phi) is 5.63. The molecule has 0 aliphatic rings. The van der Waals surface area contributed by atoms with Crippen molar-refractivity contribution in [3.8, 4) is 5.75 Å². The van der Waals surface area contributed by atoms with E-state index in [1.165, 1.54) is 24.3 Å². The summed E-state index contributed by atoms with van der Waals surface area (Å²) in [4.78, 5) is 12.5. The molecule has 0 unspecified atom stereocenters. The first-order chi connectivity index (χ1) is 11.7. The highest BCUT2D eigenvalue weighted by molar-refractivity contribution is 7.80. The van der Waals surface area contributed by atoms with E-state index in [4.69, 9.17) is 18.0 Å². The number of benzene rings is 2. The normalized spacial score (nSPS) is 12.3. The highest BCUT2D eigenvalue weighted by Crippen LogP contribution is 2.24. The molecule has 0 saturated heterocycles. The van der Waals surface area contributed by atoms with Gasteiger partial charge in [-0.15, -0.1) is 13.2 Å². The number of nitrogens with two attached hydrogens (primary N) is 1. The first-order valence-electron chi connectivity index (χ1n) is 7.22. The van der Waals surface area contributed by atoms with Gasteiger partial charge in [0.2, 0.25) is 0 Å². The molecule has 0 aliphatic heterocycles. The lowest BCUT2D eigenvalue weighted by molar-refractivity contribution is -0.274. The lowest BCUT2D eigenvalue weighted by atomic mass is 10.1. The Balaban J connectivity index is 2.02. The van der Waals surface area contributed by atoms with Gasteiger partial charge in [0, 0.05) is 11.1 Å². The second kappa shape index (κ2) is 7.52. The van der Waals surface area contributed by atoms with Gasteiger partial charge in [0.25, 0.3) is 5.91 Å². The molecule has 132 valence electrons. The van der Waals surface area contributed by atoms with Crippen LogP contribution in [0.4, 0.5) is 13.2 Å². The van der Waals surface area contributed by atoms with Crippen molar-refractivity contribution in [1.29, 1.82) is 0 Å².